The highest BCUT2D eigenvalue weighted by Crippen LogP contribution is 2.25. The van der Waals surface area contributed by atoms with Gasteiger partial charge in [0.2, 0.25) is 0 Å². The summed E-state index contributed by atoms with van der Waals surface area (Å²) in [6.45, 7) is 9.80. The molecule has 1 N–H and O–H groups in total. The molecular weight excluding hydrogens is 366 g/mol. The Bertz CT molecular complexity index is 985. The summed E-state index contributed by atoms with van der Waals surface area (Å²) in [6.07, 6.45) is 3.55. The minimum absolute atomic E-state index is 0.837. The summed E-state index contributed by atoms with van der Waals surface area (Å²) in [6, 6.07) is 4.20. The zero-order valence-corrected chi connectivity index (χ0v) is 17.0. The van der Waals surface area contributed by atoms with Crippen molar-refractivity contribution >= 4 is 28.5 Å². The lowest BCUT2D eigenvalue weighted by Gasteiger charge is -2.37. The average molecular weight is 393 g/mol. The van der Waals surface area contributed by atoms with Crippen molar-refractivity contribution in [3.05, 3.63) is 30.5 Å². The number of nitrogens with one attached hydrogen (secondary N) is 1. The van der Waals surface area contributed by atoms with Crippen molar-refractivity contribution in [3.8, 4) is 0 Å². The number of H-pyrrole nitrogens is 1. The van der Waals surface area contributed by atoms with E-state index in [1.165, 1.54) is 0 Å². The van der Waals surface area contributed by atoms with Crippen molar-refractivity contribution in [1.82, 2.24) is 29.8 Å². The fourth-order valence-electron chi connectivity index (χ4n) is 4.15. The van der Waals surface area contributed by atoms with E-state index in [0.29, 0.717) is 0 Å². The second kappa shape index (κ2) is 7.47. The Morgan fingerprint density at radius 3 is 2.14 bits per heavy atom. The zero-order chi connectivity index (χ0) is 19.8. The molecule has 0 spiro atoms. The van der Waals surface area contributed by atoms with Gasteiger partial charge in [0.25, 0.3) is 0 Å². The number of hydrogen-bond acceptors (Lipinski definition) is 8. The highest BCUT2D eigenvalue weighted by atomic mass is 15.3. The minimum Gasteiger partial charge on any atom is -0.354 e. The first-order chi connectivity index (χ1) is 14.2. The molecule has 2 aliphatic heterocycles. The number of nitrogens with zero attached hydrogens (tertiary/aromatic N) is 8. The summed E-state index contributed by atoms with van der Waals surface area (Å²) in [5, 5.41) is 1.08. The third-order valence-electron chi connectivity index (χ3n) is 5.87. The second-order valence-electron chi connectivity index (χ2n) is 7.83. The van der Waals surface area contributed by atoms with Crippen LogP contribution in [0, 0.1) is 6.92 Å². The van der Waals surface area contributed by atoms with Gasteiger partial charge in [-0.25, -0.2) is 19.9 Å². The number of aromatic nitrogens is 5. The molecule has 9 nitrogen and oxygen atoms in total. The van der Waals surface area contributed by atoms with Gasteiger partial charge >= 0.3 is 0 Å². The summed E-state index contributed by atoms with van der Waals surface area (Å²) in [7, 11) is 2.17. The van der Waals surface area contributed by atoms with Crippen molar-refractivity contribution in [2.45, 2.75) is 6.92 Å². The third kappa shape index (κ3) is 3.57. The smallest absolute Gasteiger partial charge is 0.142 e. The maximum absolute atomic E-state index is 4.74. The van der Waals surface area contributed by atoms with E-state index in [1.54, 1.807) is 6.33 Å². The number of piperazine rings is 2. The van der Waals surface area contributed by atoms with Crippen molar-refractivity contribution in [3.63, 3.8) is 0 Å². The van der Waals surface area contributed by atoms with Gasteiger partial charge in [-0.1, -0.05) is 0 Å². The van der Waals surface area contributed by atoms with Crippen LogP contribution in [0.25, 0.3) is 11.0 Å². The molecule has 0 amide bonds. The molecule has 0 saturated carbocycles. The van der Waals surface area contributed by atoms with Crippen LogP contribution in [0.3, 0.4) is 0 Å². The Labute approximate surface area is 170 Å². The first-order valence-corrected chi connectivity index (χ1v) is 10.2. The summed E-state index contributed by atoms with van der Waals surface area (Å²) < 4.78 is 0. The third-order valence-corrected chi connectivity index (χ3v) is 5.87. The van der Waals surface area contributed by atoms with Gasteiger partial charge in [0.1, 0.15) is 35.3 Å². The largest absolute Gasteiger partial charge is 0.354 e. The highest BCUT2D eigenvalue weighted by molar-refractivity contribution is 5.87. The molecular formula is C20H27N9. The topological polar surface area (TPSA) is 80.3 Å². The molecule has 2 aliphatic rings. The summed E-state index contributed by atoms with van der Waals surface area (Å²) in [4.78, 5) is 30.9. The monoisotopic (exact) mass is 393 g/mol. The second-order valence-corrected chi connectivity index (χ2v) is 7.83. The molecule has 5 heterocycles. The van der Waals surface area contributed by atoms with Crippen LogP contribution < -0.4 is 14.7 Å². The molecule has 0 unspecified atom stereocenters. The van der Waals surface area contributed by atoms with E-state index in [0.717, 1.165) is 86.7 Å². The van der Waals surface area contributed by atoms with Crippen LogP contribution in [0.2, 0.25) is 0 Å². The molecule has 2 fully saturated rings. The number of aromatic amines is 1. The maximum Gasteiger partial charge on any atom is 0.142 e. The van der Waals surface area contributed by atoms with Gasteiger partial charge in [-0.3, -0.25) is 0 Å². The maximum atomic E-state index is 4.74. The van der Waals surface area contributed by atoms with E-state index < -0.39 is 0 Å². The van der Waals surface area contributed by atoms with Gasteiger partial charge in [-0.2, -0.15) is 0 Å². The number of aryl methyl sites for hydroxylation is 1. The van der Waals surface area contributed by atoms with Crippen LogP contribution in [-0.2, 0) is 0 Å². The summed E-state index contributed by atoms with van der Waals surface area (Å²) in [5.41, 5.74) is 0.890. The van der Waals surface area contributed by atoms with E-state index in [2.05, 4.69) is 47.7 Å². The van der Waals surface area contributed by atoms with Crippen LogP contribution in [0.15, 0.2) is 24.7 Å². The Morgan fingerprint density at radius 2 is 1.45 bits per heavy atom. The van der Waals surface area contributed by atoms with Crippen LogP contribution in [-0.4, -0.2) is 89.2 Å². The molecule has 0 atom stereocenters. The van der Waals surface area contributed by atoms with Crippen molar-refractivity contribution in [2.24, 2.45) is 0 Å². The summed E-state index contributed by atoms with van der Waals surface area (Å²) in [5.74, 6) is 3.92. The van der Waals surface area contributed by atoms with E-state index >= 15 is 0 Å². The quantitative estimate of drug-likeness (QED) is 0.710. The van der Waals surface area contributed by atoms with Crippen molar-refractivity contribution in [1.29, 1.82) is 0 Å². The Morgan fingerprint density at radius 1 is 0.828 bits per heavy atom. The van der Waals surface area contributed by atoms with E-state index in [-0.39, 0.29) is 0 Å². The number of rotatable bonds is 3. The Balaban J connectivity index is 1.31. The SMILES string of the molecule is Cc1nc(N2CCN(C)CC2)cc(N2CCN(c3ncnc4[nH]ccc34)CC2)n1. The van der Waals surface area contributed by atoms with Crippen LogP contribution in [0.4, 0.5) is 17.5 Å². The molecule has 29 heavy (non-hydrogen) atoms. The van der Waals surface area contributed by atoms with Crippen molar-refractivity contribution in [2.75, 3.05) is 74.1 Å². The van der Waals surface area contributed by atoms with Gasteiger partial charge in [0.05, 0.1) is 5.39 Å². The van der Waals surface area contributed by atoms with Crippen LogP contribution in [0.1, 0.15) is 5.82 Å². The van der Waals surface area contributed by atoms with Crippen LogP contribution >= 0.6 is 0 Å². The highest BCUT2D eigenvalue weighted by Gasteiger charge is 2.23. The van der Waals surface area contributed by atoms with E-state index in [1.807, 2.05) is 19.2 Å². The zero-order valence-electron chi connectivity index (χ0n) is 17.0. The number of fused-ring (bicyclic) bond motifs is 1. The molecule has 3 aromatic rings. The van der Waals surface area contributed by atoms with Gasteiger partial charge in [-0.05, 0) is 20.0 Å². The molecule has 0 radical (unpaired) electrons. The first kappa shape index (κ1) is 18.1. The predicted octanol–water partition coefficient (Wildman–Crippen LogP) is 1.13. The molecule has 2 saturated heterocycles. The standard InChI is InChI=1S/C20H27N9/c1-15-24-17(27-7-5-26(2)6-8-27)13-18(25-15)28-9-11-29(12-10-28)20-16-3-4-21-19(16)22-14-23-20/h3-4,13-14H,5-12H2,1-2H3,(H,21,22,23). The van der Waals surface area contributed by atoms with Gasteiger partial charge in [-0.15, -0.1) is 0 Å². The van der Waals surface area contributed by atoms with Gasteiger partial charge in [0.15, 0.2) is 0 Å². The van der Waals surface area contributed by atoms with Crippen molar-refractivity contribution < 1.29 is 0 Å². The molecule has 0 bridgehead atoms. The molecule has 152 valence electrons. The molecule has 3 aromatic heterocycles. The number of likely N-dealkylation sites (N-methyl/N-ethyl adjacent to an activating group) is 1. The molecule has 0 aromatic carbocycles. The van der Waals surface area contributed by atoms with E-state index in [4.69, 9.17) is 9.97 Å². The first-order valence-electron chi connectivity index (χ1n) is 10.2. The Hall–Kier alpha value is -2.94. The average Bonchev–Trinajstić information content (AvgIpc) is 3.23. The van der Waals surface area contributed by atoms with E-state index in [9.17, 15) is 0 Å². The van der Waals surface area contributed by atoms with Gasteiger partial charge in [0, 0.05) is 64.6 Å². The fourth-order valence-corrected chi connectivity index (χ4v) is 4.15. The number of hydrogen-bond donors (Lipinski definition) is 1. The van der Waals surface area contributed by atoms with Crippen LogP contribution in [0.5, 0.6) is 0 Å². The lowest BCUT2D eigenvalue weighted by atomic mass is 10.2. The normalized spacial score (nSPS) is 18.6. The molecule has 9 heteroatoms. The summed E-state index contributed by atoms with van der Waals surface area (Å²) >= 11 is 0. The molecule has 0 aliphatic carbocycles. The minimum atomic E-state index is 0.837. The lowest BCUT2D eigenvalue weighted by molar-refractivity contribution is 0.312. The predicted molar refractivity (Wildman–Crippen MR) is 115 cm³/mol. The lowest BCUT2D eigenvalue weighted by Crippen LogP contribution is -2.47. The Kier molecular flexibility index (Phi) is 4.67. The molecule has 5 rings (SSSR count). The number of anilines is 3. The van der Waals surface area contributed by atoms with Gasteiger partial charge < -0.3 is 24.6 Å². The fraction of sp³-hybridized carbons (Fsp3) is 0.500.